The van der Waals surface area contributed by atoms with Crippen LogP contribution in [0.15, 0.2) is 30.5 Å². The van der Waals surface area contributed by atoms with Crippen molar-refractivity contribution < 1.29 is 0 Å². The van der Waals surface area contributed by atoms with Crippen LogP contribution in [0.1, 0.15) is 25.3 Å². The molecule has 1 atom stereocenters. The van der Waals surface area contributed by atoms with Gasteiger partial charge in [0.25, 0.3) is 0 Å². The van der Waals surface area contributed by atoms with Gasteiger partial charge in [0.05, 0.1) is 16.8 Å². The van der Waals surface area contributed by atoms with E-state index in [-0.39, 0.29) is 5.84 Å². The minimum Gasteiger partial charge on any atom is -0.384 e. The number of nitrogens with zero attached hydrogens (tertiary/aromatic N) is 2. The van der Waals surface area contributed by atoms with Gasteiger partial charge in [0, 0.05) is 24.2 Å². The van der Waals surface area contributed by atoms with Crippen LogP contribution >= 0.6 is 0 Å². The Morgan fingerprint density at radius 1 is 1.42 bits per heavy atom. The van der Waals surface area contributed by atoms with E-state index in [1.807, 2.05) is 18.2 Å². The Balaban J connectivity index is 2.28. The van der Waals surface area contributed by atoms with Gasteiger partial charge in [-0.25, -0.2) is 0 Å². The zero-order valence-corrected chi connectivity index (χ0v) is 11.1. The van der Waals surface area contributed by atoms with Crippen LogP contribution in [-0.2, 0) is 0 Å². The third-order valence-corrected chi connectivity index (χ3v) is 3.88. The van der Waals surface area contributed by atoms with Crippen molar-refractivity contribution in [3.63, 3.8) is 0 Å². The molecule has 0 amide bonds. The monoisotopic (exact) mass is 254 g/mol. The standard InChI is InChI=1S/C15H18N4/c1-10-5-4-8-19(10)14-11-6-2-3-7-13(11)18-9-12(14)15(16)17/h2-3,6-7,9-10H,4-5,8H2,1H3,(H3,16,17). The van der Waals surface area contributed by atoms with Crippen LogP contribution in [0.25, 0.3) is 10.9 Å². The van der Waals surface area contributed by atoms with Crippen LogP contribution in [0, 0.1) is 5.41 Å². The maximum absolute atomic E-state index is 7.79. The van der Waals surface area contributed by atoms with Gasteiger partial charge in [-0.3, -0.25) is 10.4 Å². The van der Waals surface area contributed by atoms with Gasteiger partial charge in [0.1, 0.15) is 5.84 Å². The molecule has 0 saturated carbocycles. The molecule has 1 saturated heterocycles. The number of pyridine rings is 1. The molecular weight excluding hydrogens is 236 g/mol. The first-order valence-electron chi connectivity index (χ1n) is 6.67. The fraction of sp³-hybridized carbons (Fsp3) is 0.333. The van der Waals surface area contributed by atoms with E-state index in [1.54, 1.807) is 6.20 Å². The van der Waals surface area contributed by atoms with E-state index >= 15 is 0 Å². The number of nitrogen functional groups attached to an aromatic ring is 1. The summed E-state index contributed by atoms with van der Waals surface area (Å²) < 4.78 is 0. The maximum atomic E-state index is 7.79. The molecule has 0 aliphatic carbocycles. The Bertz CT molecular complexity index is 635. The molecule has 0 radical (unpaired) electrons. The number of nitrogens with two attached hydrogens (primary N) is 1. The lowest BCUT2D eigenvalue weighted by Gasteiger charge is -2.27. The molecule has 3 N–H and O–H groups in total. The van der Waals surface area contributed by atoms with Crippen LogP contribution in [0.3, 0.4) is 0 Å². The van der Waals surface area contributed by atoms with E-state index in [2.05, 4.69) is 22.9 Å². The number of benzene rings is 1. The number of fused-ring (bicyclic) bond motifs is 1. The molecule has 19 heavy (non-hydrogen) atoms. The van der Waals surface area contributed by atoms with Gasteiger partial charge in [-0.1, -0.05) is 18.2 Å². The lowest BCUT2D eigenvalue weighted by atomic mass is 10.1. The van der Waals surface area contributed by atoms with Crippen molar-refractivity contribution in [2.24, 2.45) is 5.73 Å². The summed E-state index contributed by atoms with van der Waals surface area (Å²) in [6.45, 7) is 3.25. The molecule has 3 rings (SSSR count). The first-order chi connectivity index (χ1) is 9.18. The Morgan fingerprint density at radius 2 is 2.21 bits per heavy atom. The third-order valence-electron chi connectivity index (χ3n) is 3.88. The van der Waals surface area contributed by atoms with Crippen LogP contribution in [-0.4, -0.2) is 23.4 Å². The van der Waals surface area contributed by atoms with E-state index in [4.69, 9.17) is 11.1 Å². The van der Waals surface area contributed by atoms with Gasteiger partial charge < -0.3 is 10.6 Å². The molecule has 0 spiro atoms. The quantitative estimate of drug-likeness (QED) is 0.639. The molecular formula is C15H18N4. The van der Waals surface area contributed by atoms with Crippen LogP contribution in [0.2, 0.25) is 0 Å². The van der Waals surface area contributed by atoms with Gasteiger partial charge in [-0.15, -0.1) is 0 Å². The molecule has 1 aromatic carbocycles. The van der Waals surface area contributed by atoms with E-state index < -0.39 is 0 Å². The number of nitrogens with one attached hydrogen (secondary N) is 1. The van der Waals surface area contributed by atoms with Crippen molar-refractivity contribution in [2.45, 2.75) is 25.8 Å². The van der Waals surface area contributed by atoms with Crippen molar-refractivity contribution in [2.75, 3.05) is 11.4 Å². The van der Waals surface area contributed by atoms with E-state index in [1.165, 1.54) is 12.8 Å². The minimum atomic E-state index is 0.0901. The molecule has 4 heteroatoms. The molecule has 2 aromatic rings. The van der Waals surface area contributed by atoms with Gasteiger partial charge in [0.2, 0.25) is 0 Å². The number of hydrogen-bond donors (Lipinski definition) is 2. The normalized spacial score (nSPS) is 19.0. The fourth-order valence-electron chi connectivity index (χ4n) is 2.90. The summed E-state index contributed by atoms with van der Waals surface area (Å²) in [7, 11) is 0. The summed E-state index contributed by atoms with van der Waals surface area (Å²) in [5.74, 6) is 0.0901. The second kappa shape index (κ2) is 4.53. The van der Waals surface area contributed by atoms with Crippen LogP contribution in [0.4, 0.5) is 5.69 Å². The molecule has 1 aliphatic heterocycles. The summed E-state index contributed by atoms with van der Waals surface area (Å²) in [6, 6.07) is 8.56. The summed E-state index contributed by atoms with van der Waals surface area (Å²) in [6.07, 6.45) is 4.11. The largest absolute Gasteiger partial charge is 0.384 e. The Kier molecular flexibility index (Phi) is 2.85. The van der Waals surface area contributed by atoms with Crippen molar-refractivity contribution in [1.29, 1.82) is 5.41 Å². The number of aromatic nitrogens is 1. The third kappa shape index (κ3) is 1.93. The highest BCUT2D eigenvalue weighted by Gasteiger charge is 2.25. The number of rotatable bonds is 2. The zero-order chi connectivity index (χ0) is 13.4. The maximum Gasteiger partial charge on any atom is 0.126 e. The Morgan fingerprint density at radius 3 is 2.89 bits per heavy atom. The van der Waals surface area contributed by atoms with Gasteiger partial charge in [-0.2, -0.15) is 0 Å². The smallest absolute Gasteiger partial charge is 0.126 e. The molecule has 98 valence electrons. The lowest BCUT2D eigenvalue weighted by Crippen LogP contribution is -2.29. The first kappa shape index (κ1) is 12.0. The predicted molar refractivity (Wildman–Crippen MR) is 78.8 cm³/mol. The first-order valence-corrected chi connectivity index (χ1v) is 6.67. The summed E-state index contributed by atoms with van der Waals surface area (Å²) >= 11 is 0. The topological polar surface area (TPSA) is 66.0 Å². The van der Waals surface area contributed by atoms with E-state index in [0.717, 1.165) is 28.7 Å². The van der Waals surface area contributed by atoms with Crippen molar-refractivity contribution >= 4 is 22.4 Å². The zero-order valence-electron chi connectivity index (χ0n) is 11.1. The predicted octanol–water partition coefficient (Wildman–Crippen LogP) is 2.51. The summed E-state index contributed by atoms with van der Waals surface area (Å²) in [4.78, 5) is 6.77. The molecule has 0 bridgehead atoms. The molecule has 4 nitrogen and oxygen atoms in total. The molecule has 1 fully saturated rings. The van der Waals surface area contributed by atoms with Crippen molar-refractivity contribution in [3.8, 4) is 0 Å². The number of para-hydroxylation sites is 1. The molecule has 1 aromatic heterocycles. The number of anilines is 1. The number of hydrogen-bond acceptors (Lipinski definition) is 3. The van der Waals surface area contributed by atoms with Gasteiger partial charge in [-0.05, 0) is 25.8 Å². The summed E-state index contributed by atoms with van der Waals surface area (Å²) in [5.41, 5.74) is 8.51. The summed E-state index contributed by atoms with van der Waals surface area (Å²) in [5, 5.41) is 8.88. The second-order valence-corrected chi connectivity index (χ2v) is 5.14. The van der Waals surface area contributed by atoms with Crippen LogP contribution in [0.5, 0.6) is 0 Å². The highest BCUT2D eigenvalue weighted by molar-refractivity contribution is 6.07. The van der Waals surface area contributed by atoms with E-state index in [0.29, 0.717) is 6.04 Å². The average molecular weight is 254 g/mol. The lowest BCUT2D eigenvalue weighted by molar-refractivity contribution is 0.736. The highest BCUT2D eigenvalue weighted by Crippen LogP contribution is 2.34. The molecule has 2 heterocycles. The van der Waals surface area contributed by atoms with E-state index in [9.17, 15) is 0 Å². The van der Waals surface area contributed by atoms with Crippen molar-refractivity contribution in [1.82, 2.24) is 4.98 Å². The van der Waals surface area contributed by atoms with Gasteiger partial charge >= 0.3 is 0 Å². The second-order valence-electron chi connectivity index (χ2n) is 5.14. The van der Waals surface area contributed by atoms with Crippen molar-refractivity contribution in [3.05, 3.63) is 36.0 Å². The Labute approximate surface area is 112 Å². The SMILES string of the molecule is CC1CCCN1c1c(C(=N)N)cnc2ccccc12. The fourth-order valence-corrected chi connectivity index (χ4v) is 2.90. The average Bonchev–Trinajstić information content (AvgIpc) is 2.83. The Hall–Kier alpha value is -2.10. The minimum absolute atomic E-state index is 0.0901. The highest BCUT2D eigenvalue weighted by atomic mass is 15.2. The number of amidine groups is 1. The molecule has 1 unspecified atom stereocenters. The van der Waals surface area contributed by atoms with Gasteiger partial charge in [0.15, 0.2) is 0 Å². The van der Waals surface area contributed by atoms with Crippen LogP contribution < -0.4 is 10.6 Å². The molecule has 1 aliphatic rings.